The number of carbonyl (C=O) groups is 1. The number of hydrogen-bond acceptors (Lipinski definition) is 3. The maximum absolute atomic E-state index is 15.4. The van der Waals surface area contributed by atoms with Crippen LogP contribution < -0.4 is 0 Å². The van der Waals surface area contributed by atoms with E-state index in [9.17, 15) is 5.11 Å². The van der Waals surface area contributed by atoms with Gasteiger partial charge in [0, 0.05) is 14.7 Å². The summed E-state index contributed by atoms with van der Waals surface area (Å²) < 4.78 is 7.77. The van der Waals surface area contributed by atoms with Crippen molar-refractivity contribution in [3.63, 3.8) is 0 Å². The monoisotopic (exact) mass is 779 g/mol. The van der Waals surface area contributed by atoms with Crippen molar-refractivity contribution in [2.45, 2.75) is 193 Å². The van der Waals surface area contributed by atoms with Gasteiger partial charge < -0.3 is 9.29 Å². The Morgan fingerprint density at radius 1 is 0.446 bits per heavy atom. The molecule has 0 saturated heterocycles. The molecule has 306 valence electrons. The molecule has 0 amide bonds. The smallest absolute Gasteiger partial charge is 0.353 e. The number of para-hydroxylation sites is 1. The molecular formula is C52H74O3S. The van der Waals surface area contributed by atoms with Crippen LogP contribution in [0.15, 0.2) is 75.4 Å². The zero-order valence-corrected chi connectivity index (χ0v) is 37.5. The molecule has 4 heteroatoms. The number of aryl methyl sites for hydroxylation is 9. The lowest BCUT2D eigenvalue weighted by Gasteiger charge is -2.47. The van der Waals surface area contributed by atoms with E-state index in [1.807, 2.05) is 6.07 Å². The van der Waals surface area contributed by atoms with Gasteiger partial charge in [0.2, 0.25) is 0 Å². The van der Waals surface area contributed by atoms with Crippen molar-refractivity contribution < 1.29 is 14.1 Å². The number of hydrogen-bond donors (Lipinski definition) is 1. The second kappa shape index (κ2) is 22.4. The summed E-state index contributed by atoms with van der Waals surface area (Å²) in [4.78, 5) is 19.1. The first-order valence-electron chi connectivity index (χ1n) is 22.5. The van der Waals surface area contributed by atoms with Crippen molar-refractivity contribution in [1.29, 1.82) is 0 Å². The first kappa shape index (κ1) is 45.2. The molecule has 0 aliphatic carbocycles. The minimum Gasteiger partial charge on any atom is -0.507 e. The number of rotatable bonds is 23. The molecule has 3 nitrogen and oxygen atoms in total. The highest BCUT2D eigenvalue weighted by atomic mass is 32.3. The Morgan fingerprint density at radius 3 is 0.964 bits per heavy atom. The zero-order chi connectivity index (χ0) is 40.7. The Kier molecular flexibility index (Phi) is 18.1. The quantitative estimate of drug-likeness (QED) is 0.0816. The predicted octanol–water partition coefficient (Wildman–Crippen LogP) is 15.0. The van der Waals surface area contributed by atoms with Gasteiger partial charge in [-0.1, -0.05) is 169 Å². The molecule has 4 aromatic carbocycles. The molecule has 0 atom stereocenters. The molecule has 0 saturated carbocycles. The van der Waals surface area contributed by atoms with Crippen LogP contribution in [0.25, 0.3) is 0 Å². The number of aromatic hydroxyl groups is 1. The van der Waals surface area contributed by atoms with Crippen molar-refractivity contribution in [3.8, 4) is 5.75 Å². The Morgan fingerprint density at radius 2 is 0.714 bits per heavy atom. The molecule has 0 aromatic heterocycles. The summed E-state index contributed by atoms with van der Waals surface area (Å²) in [7, 11) is -2.77. The molecule has 0 fully saturated rings. The van der Waals surface area contributed by atoms with E-state index >= 15 is 4.79 Å². The Balaban J connectivity index is 2.49. The molecule has 0 spiro atoms. The van der Waals surface area contributed by atoms with Crippen molar-refractivity contribution in [2.24, 2.45) is 0 Å². The van der Waals surface area contributed by atoms with Crippen molar-refractivity contribution in [1.82, 2.24) is 0 Å². The molecule has 4 aromatic rings. The van der Waals surface area contributed by atoms with Crippen LogP contribution in [-0.2, 0) is 62.0 Å². The van der Waals surface area contributed by atoms with E-state index in [0.29, 0.717) is 0 Å². The number of phenolic OH excluding ortho intramolecular Hbond substituents is 1. The van der Waals surface area contributed by atoms with E-state index in [4.69, 9.17) is 4.18 Å². The normalized spacial score (nSPS) is 11.9. The Hall–Kier alpha value is -3.50. The van der Waals surface area contributed by atoms with Crippen LogP contribution in [0.3, 0.4) is 0 Å². The number of phenols is 1. The first-order valence-corrected chi connectivity index (χ1v) is 24.1. The maximum atomic E-state index is 15.4. The lowest BCUT2D eigenvalue weighted by Crippen LogP contribution is -2.23. The third-order valence-electron chi connectivity index (χ3n) is 10.8. The maximum Gasteiger partial charge on any atom is 0.353 e. The second-order valence-electron chi connectivity index (χ2n) is 15.9. The van der Waals surface area contributed by atoms with Crippen LogP contribution in [0.1, 0.15) is 181 Å². The van der Waals surface area contributed by atoms with Crippen molar-refractivity contribution >= 4 is 16.3 Å². The summed E-state index contributed by atoms with van der Waals surface area (Å²) in [6.07, 6.45) is 17.7. The van der Waals surface area contributed by atoms with E-state index in [-0.39, 0.29) is 11.3 Å². The van der Waals surface area contributed by atoms with Crippen LogP contribution in [0.2, 0.25) is 0 Å². The van der Waals surface area contributed by atoms with Gasteiger partial charge in [-0.2, -0.15) is 0 Å². The average molecular weight is 779 g/mol. The van der Waals surface area contributed by atoms with Gasteiger partial charge in [0.1, 0.15) is 11.3 Å². The van der Waals surface area contributed by atoms with Gasteiger partial charge in [0.25, 0.3) is 0 Å². The molecule has 0 bridgehead atoms. The third kappa shape index (κ3) is 10.3. The van der Waals surface area contributed by atoms with E-state index in [1.54, 1.807) is 18.2 Å². The topological polar surface area (TPSA) is 46.5 Å². The van der Waals surface area contributed by atoms with E-state index < -0.39 is 16.3 Å². The summed E-state index contributed by atoms with van der Waals surface area (Å²) in [5.41, 5.74) is 12.3. The second-order valence-corrected chi connectivity index (χ2v) is 18.4. The molecule has 0 aliphatic heterocycles. The molecule has 0 unspecified atom stereocenters. The SMILES string of the molecule is CCCc1cc(CCC)c(S(OC(=O)c2ccccc2O)(c2c(CCC)cc(CCC)cc2CCC)c2c(CCC)cc(CCC)cc2CCC)c(CCC)c1. The highest BCUT2D eigenvalue weighted by Gasteiger charge is 2.45. The van der Waals surface area contributed by atoms with Crippen molar-refractivity contribution in [2.75, 3.05) is 0 Å². The summed E-state index contributed by atoms with van der Waals surface area (Å²) in [6.45, 7) is 20.5. The fourth-order valence-corrected chi connectivity index (χ4v) is 13.2. The molecule has 4 rings (SSSR count). The lowest BCUT2D eigenvalue weighted by atomic mass is 9.97. The minimum atomic E-state index is -2.77. The van der Waals surface area contributed by atoms with Crippen LogP contribution in [0.5, 0.6) is 5.75 Å². The number of benzene rings is 4. The van der Waals surface area contributed by atoms with Crippen molar-refractivity contribution in [3.05, 3.63) is 116 Å². The van der Waals surface area contributed by atoms with Crippen LogP contribution in [0.4, 0.5) is 0 Å². The van der Waals surface area contributed by atoms with Gasteiger partial charge in [-0.05, 0) is 130 Å². The molecular weight excluding hydrogens is 705 g/mol. The highest BCUT2D eigenvalue weighted by Crippen LogP contribution is 2.75. The van der Waals surface area contributed by atoms with E-state index in [1.165, 1.54) is 64.8 Å². The molecule has 0 aliphatic rings. The highest BCUT2D eigenvalue weighted by molar-refractivity contribution is 8.30. The summed E-state index contributed by atoms with van der Waals surface area (Å²) >= 11 is 0. The van der Waals surface area contributed by atoms with Gasteiger partial charge in [-0.15, -0.1) is 0 Å². The van der Waals surface area contributed by atoms with Crippen LogP contribution in [-0.4, -0.2) is 11.1 Å². The average Bonchev–Trinajstić information content (AvgIpc) is 3.16. The zero-order valence-electron chi connectivity index (χ0n) is 36.7. The summed E-state index contributed by atoms with van der Waals surface area (Å²) in [6, 6.07) is 21.8. The standard InChI is InChI=1S/C52H74O3S/c1-10-21-38-32-41(24-13-4)49(42(33-38)25-14-5)56(55-52(54)47-30-19-20-31-48(47)53,50-43(26-15-6)34-39(22-11-2)35-44(50)27-16-7)51-45(28-17-8)36-40(23-12-3)37-46(51)29-18-9/h19-20,30-37,53H,10-18,21-29H2,1-9H3. The predicted molar refractivity (Wildman–Crippen MR) is 241 cm³/mol. The molecule has 56 heavy (non-hydrogen) atoms. The summed E-state index contributed by atoms with van der Waals surface area (Å²) in [5.74, 6) is -0.473. The fraction of sp³-hybridized carbons (Fsp3) is 0.519. The van der Waals surface area contributed by atoms with Gasteiger partial charge >= 0.3 is 5.97 Å². The lowest BCUT2D eigenvalue weighted by molar-refractivity contribution is 0.0754. The molecule has 1 N–H and O–H groups in total. The molecule has 0 heterocycles. The van der Waals surface area contributed by atoms with Gasteiger partial charge in [0.15, 0.2) is 0 Å². The van der Waals surface area contributed by atoms with Gasteiger partial charge in [0.05, 0.1) is 0 Å². The van der Waals surface area contributed by atoms with Gasteiger partial charge in [-0.3, -0.25) is 0 Å². The van der Waals surface area contributed by atoms with Crippen LogP contribution in [0, 0.1) is 0 Å². The molecule has 0 radical (unpaired) electrons. The summed E-state index contributed by atoms with van der Waals surface area (Å²) in [5, 5.41) is 11.3. The fourth-order valence-electron chi connectivity index (χ4n) is 8.85. The van der Waals surface area contributed by atoms with Gasteiger partial charge in [-0.25, -0.2) is 4.79 Å². The van der Waals surface area contributed by atoms with E-state index in [0.717, 1.165) is 116 Å². The van der Waals surface area contributed by atoms with Crippen LogP contribution >= 0.6 is 10.3 Å². The van der Waals surface area contributed by atoms with E-state index in [2.05, 4.69) is 98.7 Å². The third-order valence-corrected chi connectivity index (χ3v) is 14.5. The largest absolute Gasteiger partial charge is 0.507 e. The first-order chi connectivity index (χ1) is 27.2. The minimum absolute atomic E-state index is 0.0339. The Labute approximate surface area is 343 Å². The Bertz CT molecular complexity index is 1620. The number of carbonyl (C=O) groups excluding carboxylic acids is 1.